The van der Waals surface area contributed by atoms with E-state index in [1.807, 2.05) is 24.3 Å². The number of halogens is 1. The van der Waals surface area contributed by atoms with Crippen LogP contribution in [0.1, 0.15) is 18.4 Å². The fraction of sp³-hybridized carbons (Fsp3) is 0.235. The van der Waals surface area contributed by atoms with Gasteiger partial charge in [0.05, 0.1) is 11.9 Å². The van der Waals surface area contributed by atoms with Crippen LogP contribution in [0.2, 0.25) is 5.15 Å². The number of hydrogen-bond acceptors (Lipinski definition) is 3. The molecule has 0 saturated heterocycles. The van der Waals surface area contributed by atoms with Gasteiger partial charge in [-0.15, -0.1) is 0 Å². The van der Waals surface area contributed by atoms with Gasteiger partial charge in [0.2, 0.25) is 11.8 Å². The second-order valence-electron chi connectivity index (χ2n) is 5.50. The summed E-state index contributed by atoms with van der Waals surface area (Å²) < 4.78 is 0. The SMILES string of the molecule is O=C(CCC1Cc2ccccc2NC1=O)Nc1ccc(Cl)nc1. The third-order valence-corrected chi connectivity index (χ3v) is 4.07. The van der Waals surface area contributed by atoms with E-state index in [2.05, 4.69) is 15.6 Å². The minimum atomic E-state index is -0.181. The van der Waals surface area contributed by atoms with E-state index in [0.717, 1.165) is 11.3 Å². The summed E-state index contributed by atoms with van der Waals surface area (Å²) in [6, 6.07) is 11.0. The summed E-state index contributed by atoms with van der Waals surface area (Å²) in [6.07, 6.45) is 2.96. The number of rotatable bonds is 4. The summed E-state index contributed by atoms with van der Waals surface area (Å²) in [5.41, 5.74) is 2.57. The zero-order valence-electron chi connectivity index (χ0n) is 12.4. The molecule has 6 heteroatoms. The lowest BCUT2D eigenvalue weighted by molar-refractivity contribution is -0.121. The van der Waals surface area contributed by atoms with Crippen molar-refractivity contribution in [3.8, 4) is 0 Å². The number of amides is 2. The van der Waals surface area contributed by atoms with Crippen LogP contribution in [0.3, 0.4) is 0 Å². The molecule has 118 valence electrons. The number of benzene rings is 1. The average molecular weight is 330 g/mol. The standard InChI is InChI=1S/C17H16ClN3O2/c18-15-7-6-13(10-19-15)20-16(22)8-5-12-9-11-3-1-2-4-14(11)21-17(12)23/h1-4,6-7,10,12H,5,8-9H2,(H,20,22)(H,21,23). The Labute approximate surface area is 139 Å². The summed E-state index contributed by atoms with van der Waals surface area (Å²) in [5.74, 6) is -0.343. The first-order chi connectivity index (χ1) is 11.1. The Morgan fingerprint density at radius 2 is 2.13 bits per heavy atom. The number of fused-ring (bicyclic) bond motifs is 1. The molecule has 1 aromatic carbocycles. The molecule has 1 aliphatic heterocycles. The number of anilines is 2. The molecule has 1 atom stereocenters. The van der Waals surface area contributed by atoms with E-state index < -0.39 is 0 Å². The number of nitrogens with zero attached hydrogens (tertiary/aromatic N) is 1. The van der Waals surface area contributed by atoms with E-state index in [9.17, 15) is 9.59 Å². The number of nitrogens with one attached hydrogen (secondary N) is 2. The van der Waals surface area contributed by atoms with Crippen molar-refractivity contribution in [1.82, 2.24) is 4.98 Å². The highest BCUT2D eigenvalue weighted by Crippen LogP contribution is 2.27. The van der Waals surface area contributed by atoms with Crippen molar-refractivity contribution >= 4 is 34.8 Å². The van der Waals surface area contributed by atoms with Gasteiger partial charge in [-0.05, 0) is 36.6 Å². The van der Waals surface area contributed by atoms with Crippen molar-refractivity contribution < 1.29 is 9.59 Å². The predicted molar refractivity (Wildman–Crippen MR) is 89.4 cm³/mol. The van der Waals surface area contributed by atoms with Gasteiger partial charge in [-0.3, -0.25) is 9.59 Å². The number of carbonyl (C=O) groups is 2. The van der Waals surface area contributed by atoms with Crippen molar-refractivity contribution in [3.05, 3.63) is 53.3 Å². The van der Waals surface area contributed by atoms with E-state index >= 15 is 0 Å². The molecular weight excluding hydrogens is 314 g/mol. The first kappa shape index (κ1) is 15.5. The van der Waals surface area contributed by atoms with Crippen molar-refractivity contribution in [1.29, 1.82) is 0 Å². The molecule has 5 nitrogen and oxygen atoms in total. The quantitative estimate of drug-likeness (QED) is 0.846. The van der Waals surface area contributed by atoms with Gasteiger partial charge in [-0.2, -0.15) is 0 Å². The molecule has 0 fully saturated rings. The van der Waals surface area contributed by atoms with Gasteiger partial charge < -0.3 is 10.6 Å². The van der Waals surface area contributed by atoms with Crippen LogP contribution >= 0.6 is 11.6 Å². The van der Waals surface area contributed by atoms with Gasteiger partial charge in [0, 0.05) is 18.0 Å². The fourth-order valence-electron chi connectivity index (χ4n) is 2.62. The largest absolute Gasteiger partial charge is 0.326 e. The molecule has 2 N–H and O–H groups in total. The Bertz CT molecular complexity index is 731. The molecule has 2 heterocycles. The monoisotopic (exact) mass is 329 g/mol. The van der Waals surface area contributed by atoms with Crippen LogP contribution in [0, 0.1) is 5.92 Å². The second-order valence-corrected chi connectivity index (χ2v) is 5.89. The van der Waals surface area contributed by atoms with E-state index in [4.69, 9.17) is 11.6 Å². The molecule has 23 heavy (non-hydrogen) atoms. The maximum atomic E-state index is 12.1. The van der Waals surface area contributed by atoms with Crippen LogP contribution in [0.5, 0.6) is 0 Å². The normalized spacial score (nSPS) is 16.4. The molecule has 1 aromatic heterocycles. The lowest BCUT2D eigenvalue weighted by atomic mass is 9.89. The molecule has 3 rings (SSSR count). The maximum absolute atomic E-state index is 12.1. The van der Waals surface area contributed by atoms with Gasteiger partial charge in [-0.1, -0.05) is 29.8 Å². The van der Waals surface area contributed by atoms with Crippen molar-refractivity contribution in [3.63, 3.8) is 0 Å². The summed E-state index contributed by atoms with van der Waals surface area (Å²) in [4.78, 5) is 28.0. The van der Waals surface area contributed by atoms with E-state index in [1.54, 1.807) is 12.1 Å². The van der Waals surface area contributed by atoms with Gasteiger partial charge in [0.1, 0.15) is 5.15 Å². The van der Waals surface area contributed by atoms with Crippen LogP contribution in [0.4, 0.5) is 11.4 Å². The Morgan fingerprint density at radius 3 is 2.91 bits per heavy atom. The number of carbonyl (C=O) groups excluding carboxylic acids is 2. The summed E-state index contributed by atoms with van der Waals surface area (Å²) >= 11 is 5.70. The Hall–Kier alpha value is -2.40. The predicted octanol–water partition coefficient (Wildman–Crippen LogP) is 3.26. The van der Waals surface area contributed by atoms with Crippen molar-refractivity contribution in [2.45, 2.75) is 19.3 Å². The lowest BCUT2D eigenvalue weighted by Gasteiger charge is -2.24. The summed E-state index contributed by atoms with van der Waals surface area (Å²) in [5, 5.41) is 6.02. The van der Waals surface area contributed by atoms with Crippen molar-refractivity contribution in [2.24, 2.45) is 5.92 Å². The van der Waals surface area contributed by atoms with Crippen molar-refractivity contribution in [2.75, 3.05) is 10.6 Å². The van der Waals surface area contributed by atoms with Crippen LogP contribution in [-0.4, -0.2) is 16.8 Å². The molecule has 0 radical (unpaired) electrons. The second kappa shape index (κ2) is 6.79. The van der Waals surface area contributed by atoms with Crippen LogP contribution < -0.4 is 10.6 Å². The number of pyridine rings is 1. The number of aromatic nitrogens is 1. The van der Waals surface area contributed by atoms with Gasteiger partial charge >= 0.3 is 0 Å². The Balaban J connectivity index is 1.55. The summed E-state index contributed by atoms with van der Waals surface area (Å²) in [6.45, 7) is 0. The molecule has 2 amide bonds. The summed E-state index contributed by atoms with van der Waals surface area (Å²) in [7, 11) is 0. The molecule has 2 aromatic rings. The van der Waals surface area contributed by atoms with Crippen LogP contribution in [0.25, 0.3) is 0 Å². The Kier molecular flexibility index (Phi) is 4.57. The molecule has 0 bridgehead atoms. The highest BCUT2D eigenvalue weighted by molar-refractivity contribution is 6.29. The molecular formula is C17H16ClN3O2. The number of hydrogen-bond donors (Lipinski definition) is 2. The molecule has 0 saturated carbocycles. The number of para-hydroxylation sites is 1. The highest BCUT2D eigenvalue weighted by Gasteiger charge is 2.26. The maximum Gasteiger partial charge on any atom is 0.227 e. The zero-order chi connectivity index (χ0) is 16.2. The zero-order valence-corrected chi connectivity index (χ0v) is 13.1. The third kappa shape index (κ3) is 3.87. The van der Waals surface area contributed by atoms with E-state index in [0.29, 0.717) is 23.7 Å². The molecule has 0 spiro atoms. The van der Waals surface area contributed by atoms with E-state index in [-0.39, 0.29) is 24.2 Å². The molecule has 0 aliphatic carbocycles. The topological polar surface area (TPSA) is 71.1 Å². The minimum absolute atomic E-state index is 0.0235. The first-order valence-corrected chi connectivity index (χ1v) is 7.80. The lowest BCUT2D eigenvalue weighted by Crippen LogP contribution is -2.30. The molecule has 1 aliphatic rings. The minimum Gasteiger partial charge on any atom is -0.326 e. The van der Waals surface area contributed by atoms with Crippen LogP contribution in [0.15, 0.2) is 42.6 Å². The molecule has 1 unspecified atom stereocenters. The van der Waals surface area contributed by atoms with Crippen LogP contribution in [-0.2, 0) is 16.0 Å². The third-order valence-electron chi connectivity index (χ3n) is 3.84. The smallest absolute Gasteiger partial charge is 0.227 e. The Morgan fingerprint density at radius 1 is 1.30 bits per heavy atom. The van der Waals surface area contributed by atoms with Gasteiger partial charge in [0.25, 0.3) is 0 Å². The van der Waals surface area contributed by atoms with E-state index in [1.165, 1.54) is 6.20 Å². The first-order valence-electron chi connectivity index (χ1n) is 7.42. The average Bonchev–Trinajstić information content (AvgIpc) is 2.55. The van der Waals surface area contributed by atoms with Gasteiger partial charge in [-0.25, -0.2) is 4.98 Å². The van der Waals surface area contributed by atoms with Gasteiger partial charge in [0.15, 0.2) is 0 Å². The highest BCUT2D eigenvalue weighted by atomic mass is 35.5. The fourth-order valence-corrected chi connectivity index (χ4v) is 2.74.